The van der Waals surface area contributed by atoms with E-state index in [1.54, 1.807) is 25.4 Å². The fraction of sp³-hybridized carbons (Fsp3) is 0.250. The van der Waals surface area contributed by atoms with Crippen LogP contribution in [0.15, 0.2) is 23.7 Å². The maximum absolute atomic E-state index is 12.0. The first-order valence-corrected chi connectivity index (χ1v) is 6.69. The van der Waals surface area contributed by atoms with Gasteiger partial charge in [0.1, 0.15) is 5.82 Å². The third-order valence-electron chi connectivity index (χ3n) is 2.53. The normalized spacial score (nSPS) is 10.2. The average molecular weight is 277 g/mol. The van der Waals surface area contributed by atoms with Gasteiger partial charge in [0.2, 0.25) is 0 Å². The summed E-state index contributed by atoms with van der Waals surface area (Å²) in [6.45, 7) is 0.514. The van der Waals surface area contributed by atoms with E-state index in [1.807, 2.05) is 5.38 Å². The number of nitrogens with one attached hydrogen (secondary N) is 2. The molecule has 19 heavy (non-hydrogen) atoms. The number of rotatable bonds is 5. The van der Waals surface area contributed by atoms with E-state index in [2.05, 4.69) is 20.6 Å². The molecule has 100 valence electrons. The maximum Gasteiger partial charge on any atom is 0.255 e. The van der Waals surface area contributed by atoms with Gasteiger partial charge >= 0.3 is 0 Å². The van der Waals surface area contributed by atoms with Crippen LogP contribution in [0.5, 0.6) is 0 Å². The molecule has 0 aliphatic carbocycles. The van der Waals surface area contributed by atoms with E-state index < -0.39 is 0 Å². The number of carbonyl (C=O) groups is 1. The topological polar surface area (TPSA) is 92.9 Å². The van der Waals surface area contributed by atoms with Crippen molar-refractivity contribution >= 4 is 28.2 Å². The number of anilines is 2. The van der Waals surface area contributed by atoms with E-state index in [0.717, 1.165) is 5.69 Å². The van der Waals surface area contributed by atoms with E-state index in [4.69, 9.17) is 5.73 Å². The second kappa shape index (κ2) is 6.14. The molecule has 0 unspecified atom stereocenters. The zero-order chi connectivity index (χ0) is 13.7. The molecule has 0 aliphatic heterocycles. The van der Waals surface area contributed by atoms with Crippen molar-refractivity contribution in [3.05, 3.63) is 35.0 Å². The highest BCUT2D eigenvalue weighted by Crippen LogP contribution is 2.12. The molecule has 4 N–H and O–H groups in total. The molecule has 0 spiro atoms. The molecule has 7 heteroatoms. The zero-order valence-corrected chi connectivity index (χ0v) is 11.3. The van der Waals surface area contributed by atoms with Gasteiger partial charge in [-0.2, -0.15) is 0 Å². The Hall–Kier alpha value is -2.15. The highest BCUT2D eigenvalue weighted by molar-refractivity contribution is 7.13. The summed E-state index contributed by atoms with van der Waals surface area (Å²) >= 11 is 1.40. The van der Waals surface area contributed by atoms with Crippen LogP contribution in [0.2, 0.25) is 0 Å². The summed E-state index contributed by atoms with van der Waals surface area (Å²) in [5.41, 5.74) is 6.96. The summed E-state index contributed by atoms with van der Waals surface area (Å²) in [4.78, 5) is 20.2. The summed E-state index contributed by atoms with van der Waals surface area (Å²) < 4.78 is 0. The molecule has 0 saturated carbocycles. The highest BCUT2D eigenvalue weighted by atomic mass is 32.1. The van der Waals surface area contributed by atoms with Crippen molar-refractivity contribution in [3.8, 4) is 0 Å². The van der Waals surface area contributed by atoms with Gasteiger partial charge in [-0.3, -0.25) is 4.79 Å². The molecular formula is C12H15N5OS. The van der Waals surface area contributed by atoms with Gasteiger partial charge in [0, 0.05) is 31.6 Å². The highest BCUT2D eigenvalue weighted by Gasteiger charge is 2.10. The SMILES string of the molecule is CNc1ncccc1C(=O)NCCc1csc(N)n1. The van der Waals surface area contributed by atoms with Crippen LogP contribution in [0.4, 0.5) is 10.9 Å². The first-order valence-electron chi connectivity index (χ1n) is 5.81. The Morgan fingerprint density at radius 2 is 2.37 bits per heavy atom. The lowest BCUT2D eigenvalue weighted by Gasteiger charge is -2.07. The number of hydrogen-bond acceptors (Lipinski definition) is 6. The lowest BCUT2D eigenvalue weighted by atomic mass is 10.2. The quantitative estimate of drug-likeness (QED) is 0.762. The van der Waals surface area contributed by atoms with Gasteiger partial charge in [-0.25, -0.2) is 9.97 Å². The third-order valence-corrected chi connectivity index (χ3v) is 3.25. The number of nitrogens with zero attached hydrogens (tertiary/aromatic N) is 2. The largest absolute Gasteiger partial charge is 0.375 e. The Labute approximate surface area is 115 Å². The van der Waals surface area contributed by atoms with Gasteiger partial charge in [-0.15, -0.1) is 11.3 Å². The van der Waals surface area contributed by atoms with Crippen LogP contribution in [0, 0.1) is 0 Å². The fourth-order valence-corrected chi connectivity index (χ4v) is 2.22. The fourth-order valence-electron chi connectivity index (χ4n) is 1.62. The van der Waals surface area contributed by atoms with Crippen LogP contribution in [-0.2, 0) is 6.42 Å². The number of aromatic nitrogens is 2. The number of carbonyl (C=O) groups excluding carboxylic acids is 1. The van der Waals surface area contributed by atoms with Crippen LogP contribution >= 0.6 is 11.3 Å². The minimum atomic E-state index is -0.152. The van der Waals surface area contributed by atoms with Gasteiger partial charge in [-0.05, 0) is 12.1 Å². The molecule has 0 aromatic carbocycles. The van der Waals surface area contributed by atoms with Gasteiger partial charge in [0.15, 0.2) is 5.13 Å². The lowest BCUT2D eigenvalue weighted by molar-refractivity contribution is 0.0954. The maximum atomic E-state index is 12.0. The molecular weight excluding hydrogens is 262 g/mol. The summed E-state index contributed by atoms with van der Waals surface area (Å²) in [5, 5.41) is 8.17. The molecule has 0 fully saturated rings. The molecule has 0 saturated heterocycles. The third kappa shape index (κ3) is 3.41. The van der Waals surface area contributed by atoms with E-state index in [9.17, 15) is 4.79 Å². The zero-order valence-electron chi connectivity index (χ0n) is 10.5. The van der Waals surface area contributed by atoms with E-state index in [1.165, 1.54) is 11.3 Å². The van der Waals surface area contributed by atoms with Crippen molar-refractivity contribution in [2.24, 2.45) is 0 Å². The lowest BCUT2D eigenvalue weighted by Crippen LogP contribution is -2.26. The van der Waals surface area contributed by atoms with Gasteiger partial charge < -0.3 is 16.4 Å². The molecule has 2 heterocycles. The Morgan fingerprint density at radius 3 is 3.05 bits per heavy atom. The average Bonchev–Trinajstić information content (AvgIpc) is 2.84. The number of amides is 1. The van der Waals surface area contributed by atoms with Crippen molar-refractivity contribution in [2.75, 3.05) is 24.6 Å². The summed E-state index contributed by atoms with van der Waals surface area (Å²) in [6, 6.07) is 3.46. The first kappa shape index (κ1) is 13.3. The van der Waals surface area contributed by atoms with Gasteiger partial charge in [0.25, 0.3) is 5.91 Å². The minimum Gasteiger partial charge on any atom is -0.375 e. The monoisotopic (exact) mass is 277 g/mol. The van der Waals surface area contributed by atoms with Gasteiger partial charge in [0.05, 0.1) is 11.3 Å². The van der Waals surface area contributed by atoms with Crippen LogP contribution in [0.3, 0.4) is 0 Å². The van der Waals surface area contributed by atoms with Crippen LogP contribution in [0.1, 0.15) is 16.1 Å². The summed E-state index contributed by atoms with van der Waals surface area (Å²) in [7, 11) is 1.73. The number of nitrogens with two attached hydrogens (primary N) is 1. The number of nitrogen functional groups attached to an aromatic ring is 1. The molecule has 0 radical (unpaired) electrons. The summed E-state index contributed by atoms with van der Waals surface area (Å²) in [5.74, 6) is 0.415. The Morgan fingerprint density at radius 1 is 1.53 bits per heavy atom. The van der Waals surface area contributed by atoms with Gasteiger partial charge in [-0.1, -0.05) is 0 Å². The van der Waals surface area contributed by atoms with Crippen LogP contribution in [-0.4, -0.2) is 29.5 Å². The van der Waals surface area contributed by atoms with Crippen molar-refractivity contribution in [3.63, 3.8) is 0 Å². The number of hydrogen-bond donors (Lipinski definition) is 3. The molecule has 2 rings (SSSR count). The molecule has 0 atom stereocenters. The van der Waals surface area contributed by atoms with Crippen molar-refractivity contribution in [1.82, 2.24) is 15.3 Å². The van der Waals surface area contributed by atoms with Crippen LogP contribution < -0.4 is 16.4 Å². The second-order valence-electron chi connectivity index (χ2n) is 3.83. The Balaban J connectivity index is 1.90. The first-order chi connectivity index (χ1) is 9.20. The molecule has 1 amide bonds. The number of thiazole rings is 1. The predicted molar refractivity (Wildman–Crippen MR) is 76.3 cm³/mol. The summed E-state index contributed by atoms with van der Waals surface area (Å²) in [6.07, 6.45) is 2.30. The molecule has 2 aromatic heterocycles. The molecule has 6 nitrogen and oxygen atoms in total. The van der Waals surface area contributed by atoms with Crippen molar-refractivity contribution in [2.45, 2.75) is 6.42 Å². The van der Waals surface area contributed by atoms with E-state index in [0.29, 0.717) is 29.5 Å². The van der Waals surface area contributed by atoms with Crippen molar-refractivity contribution < 1.29 is 4.79 Å². The molecule has 0 aliphatic rings. The molecule has 2 aromatic rings. The Kier molecular flexibility index (Phi) is 4.30. The Bertz CT molecular complexity index is 569. The number of pyridine rings is 1. The standard InChI is InChI=1S/C12H15N5OS/c1-14-10-9(3-2-5-15-10)11(18)16-6-4-8-7-19-12(13)17-8/h2-3,5,7H,4,6H2,1H3,(H2,13,17)(H,14,15)(H,16,18). The predicted octanol–water partition coefficient (Wildman–Crippen LogP) is 1.13. The second-order valence-corrected chi connectivity index (χ2v) is 4.72. The van der Waals surface area contributed by atoms with Crippen molar-refractivity contribution in [1.29, 1.82) is 0 Å². The smallest absolute Gasteiger partial charge is 0.255 e. The van der Waals surface area contributed by atoms with Crippen LogP contribution in [0.25, 0.3) is 0 Å². The van der Waals surface area contributed by atoms with E-state index in [-0.39, 0.29) is 5.91 Å². The molecule has 0 bridgehead atoms. The minimum absolute atomic E-state index is 0.152. The van der Waals surface area contributed by atoms with E-state index >= 15 is 0 Å².